The maximum absolute atomic E-state index is 13.0. The Morgan fingerprint density at radius 1 is 1.03 bits per heavy atom. The van der Waals surface area contributed by atoms with E-state index in [4.69, 9.17) is 9.47 Å². The van der Waals surface area contributed by atoms with E-state index < -0.39 is 10.0 Å². The summed E-state index contributed by atoms with van der Waals surface area (Å²) in [7, 11) is -3.64. The molecule has 2 aromatic rings. The van der Waals surface area contributed by atoms with Gasteiger partial charge >= 0.3 is 0 Å². The van der Waals surface area contributed by atoms with Gasteiger partial charge in [0.2, 0.25) is 10.0 Å². The molecule has 2 fully saturated rings. The molecule has 0 radical (unpaired) electrons. The molecular formula is C24H31N3O5S. The van der Waals surface area contributed by atoms with Crippen LogP contribution in [0.3, 0.4) is 0 Å². The third-order valence-electron chi connectivity index (χ3n) is 5.84. The number of amides is 1. The normalized spacial score (nSPS) is 22.7. The maximum Gasteiger partial charge on any atom is 0.255 e. The molecule has 0 saturated carbocycles. The van der Waals surface area contributed by atoms with Crippen molar-refractivity contribution in [2.45, 2.75) is 37.5 Å². The van der Waals surface area contributed by atoms with Crippen molar-refractivity contribution in [1.82, 2.24) is 9.21 Å². The van der Waals surface area contributed by atoms with Crippen LogP contribution >= 0.6 is 0 Å². The molecular weight excluding hydrogens is 442 g/mol. The predicted octanol–water partition coefficient (Wildman–Crippen LogP) is 2.57. The zero-order valence-corrected chi connectivity index (χ0v) is 19.9. The quantitative estimate of drug-likeness (QED) is 0.694. The van der Waals surface area contributed by atoms with E-state index in [1.54, 1.807) is 12.1 Å². The lowest BCUT2D eigenvalue weighted by Crippen LogP contribution is -2.48. The number of rotatable bonds is 6. The number of anilines is 1. The first kappa shape index (κ1) is 23.8. The number of sulfonamides is 1. The molecule has 0 aromatic heterocycles. The number of carbonyl (C=O) groups is 1. The Hall–Kier alpha value is -2.30. The summed E-state index contributed by atoms with van der Waals surface area (Å²) in [5.74, 6) is -0.281. The minimum Gasteiger partial charge on any atom is -0.379 e. The lowest BCUT2D eigenvalue weighted by Gasteiger charge is -2.34. The van der Waals surface area contributed by atoms with Gasteiger partial charge in [0.1, 0.15) is 0 Å². The number of hydrogen-bond donors (Lipinski definition) is 1. The number of carbonyl (C=O) groups excluding carboxylic acids is 1. The zero-order chi connectivity index (χ0) is 23.4. The smallest absolute Gasteiger partial charge is 0.255 e. The number of nitrogens with one attached hydrogen (secondary N) is 1. The second-order valence-electron chi connectivity index (χ2n) is 8.65. The van der Waals surface area contributed by atoms with E-state index in [-0.39, 0.29) is 23.0 Å². The number of benzene rings is 2. The van der Waals surface area contributed by atoms with E-state index >= 15 is 0 Å². The van der Waals surface area contributed by atoms with Gasteiger partial charge in [-0.05, 0) is 55.8 Å². The molecule has 0 bridgehead atoms. The van der Waals surface area contributed by atoms with Crippen LogP contribution in [0, 0.1) is 0 Å². The summed E-state index contributed by atoms with van der Waals surface area (Å²) >= 11 is 0. The van der Waals surface area contributed by atoms with Gasteiger partial charge in [0.15, 0.2) is 0 Å². The number of ether oxygens (including phenoxy) is 2. The van der Waals surface area contributed by atoms with E-state index in [9.17, 15) is 13.2 Å². The van der Waals surface area contributed by atoms with Crippen LogP contribution in [0.25, 0.3) is 0 Å². The van der Waals surface area contributed by atoms with E-state index in [0.29, 0.717) is 24.3 Å². The first-order valence-electron chi connectivity index (χ1n) is 11.3. The second-order valence-corrected chi connectivity index (χ2v) is 10.6. The average molecular weight is 474 g/mol. The third-order valence-corrected chi connectivity index (χ3v) is 7.68. The average Bonchev–Trinajstić information content (AvgIpc) is 2.79. The molecule has 4 rings (SSSR count). The van der Waals surface area contributed by atoms with E-state index in [2.05, 4.69) is 10.2 Å². The van der Waals surface area contributed by atoms with Gasteiger partial charge < -0.3 is 14.8 Å². The molecule has 2 atom stereocenters. The van der Waals surface area contributed by atoms with Crippen LogP contribution in [0.15, 0.2) is 53.4 Å². The Morgan fingerprint density at radius 3 is 2.36 bits per heavy atom. The van der Waals surface area contributed by atoms with Crippen molar-refractivity contribution in [1.29, 1.82) is 0 Å². The highest BCUT2D eigenvalue weighted by Gasteiger charge is 2.32. The summed E-state index contributed by atoms with van der Waals surface area (Å²) < 4.78 is 38.5. The summed E-state index contributed by atoms with van der Waals surface area (Å²) in [6.45, 7) is 8.44. The molecule has 2 aliphatic heterocycles. The van der Waals surface area contributed by atoms with Gasteiger partial charge in [-0.15, -0.1) is 0 Å². The van der Waals surface area contributed by atoms with Gasteiger partial charge in [0.05, 0.1) is 30.3 Å². The minimum absolute atomic E-state index is 0.160. The van der Waals surface area contributed by atoms with E-state index in [0.717, 1.165) is 38.4 Å². The van der Waals surface area contributed by atoms with Crippen LogP contribution < -0.4 is 5.32 Å². The Labute approximate surface area is 195 Å². The van der Waals surface area contributed by atoms with Crippen LogP contribution in [0.5, 0.6) is 0 Å². The largest absolute Gasteiger partial charge is 0.379 e. The van der Waals surface area contributed by atoms with Gasteiger partial charge in [-0.1, -0.05) is 12.1 Å². The summed E-state index contributed by atoms with van der Waals surface area (Å²) in [6.07, 6.45) is -0.319. The van der Waals surface area contributed by atoms with Crippen molar-refractivity contribution >= 4 is 21.6 Å². The van der Waals surface area contributed by atoms with Crippen LogP contribution in [-0.2, 0) is 26.0 Å². The second kappa shape index (κ2) is 10.3. The Morgan fingerprint density at radius 2 is 1.70 bits per heavy atom. The predicted molar refractivity (Wildman–Crippen MR) is 126 cm³/mol. The van der Waals surface area contributed by atoms with Gasteiger partial charge in [-0.25, -0.2) is 8.42 Å². The molecule has 2 saturated heterocycles. The molecule has 2 aromatic carbocycles. The Bertz CT molecular complexity index is 1060. The first-order valence-corrected chi connectivity index (χ1v) is 12.7. The highest BCUT2D eigenvalue weighted by atomic mass is 32.2. The Balaban J connectivity index is 1.41. The fraction of sp³-hybridized carbons (Fsp3) is 0.458. The van der Waals surface area contributed by atoms with Gasteiger partial charge in [-0.3, -0.25) is 9.69 Å². The topological polar surface area (TPSA) is 88.2 Å². The molecule has 0 aliphatic carbocycles. The monoisotopic (exact) mass is 473 g/mol. The highest BCUT2D eigenvalue weighted by molar-refractivity contribution is 7.89. The molecule has 2 unspecified atom stereocenters. The Kier molecular flexibility index (Phi) is 7.45. The molecule has 8 nitrogen and oxygen atoms in total. The fourth-order valence-corrected chi connectivity index (χ4v) is 5.81. The van der Waals surface area contributed by atoms with Crippen LogP contribution in [-0.4, -0.2) is 75.1 Å². The van der Waals surface area contributed by atoms with Crippen molar-refractivity contribution in [2.24, 2.45) is 0 Å². The lowest BCUT2D eigenvalue weighted by atomic mass is 10.1. The maximum atomic E-state index is 13.0. The van der Waals surface area contributed by atoms with Gasteiger partial charge in [-0.2, -0.15) is 4.31 Å². The molecule has 33 heavy (non-hydrogen) atoms. The van der Waals surface area contributed by atoms with E-state index in [1.165, 1.54) is 16.4 Å². The number of hydrogen-bond acceptors (Lipinski definition) is 6. The van der Waals surface area contributed by atoms with Crippen LogP contribution in [0.2, 0.25) is 0 Å². The van der Waals surface area contributed by atoms with Crippen molar-refractivity contribution < 1.29 is 22.7 Å². The van der Waals surface area contributed by atoms with Crippen LogP contribution in [0.4, 0.5) is 5.69 Å². The molecule has 2 aliphatic rings. The van der Waals surface area contributed by atoms with Gasteiger partial charge in [0.25, 0.3) is 5.91 Å². The van der Waals surface area contributed by atoms with Crippen molar-refractivity contribution in [2.75, 3.05) is 44.7 Å². The summed E-state index contributed by atoms with van der Waals surface area (Å²) in [5.41, 5.74) is 2.22. The van der Waals surface area contributed by atoms with Crippen molar-refractivity contribution in [3.63, 3.8) is 0 Å². The summed E-state index contributed by atoms with van der Waals surface area (Å²) in [4.78, 5) is 15.2. The molecule has 0 spiro atoms. The lowest BCUT2D eigenvalue weighted by molar-refractivity contribution is -0.0440. The van der Waals surface area contributed by atoms with Crippen molar-refractivity contribution in [3.8, 4) is 0 Å². The standard InChI is InChI=1S/C24H31N3O5S/c1-18-15-27(16-19(2)32-18)33(29,30)23-8-6-21(7-9-23)24(28)25-22-5-3-4-20(14-22)17-26-10-12-31-13-11-26/h3-9,14,18-19H,10-13,15-17H2,1-2H3,(H,25,28). The van der Waals surface area contributed by atoms with E-state index in [1.807, 2.05) is 38.1 Å². The summed E-state index contributed by atoms with van der Waals surface area (Å²) in [6, 6.07) is 13.9. The first-order chi connectivity index (χ1) is 15.8. The minimum atomic E-state index is -3.64. The van der Waals surface area contributed by atoms with Gasteiger partial charge in [0, 0.05) is 44.0 Å². The number of morpholine rings is 2. The van der Waals surface area contributed by atoms with Crippen LogP contribution in [0.1, 0.15) is 29.8 Å². The highest BCUT2D eigenvalue weighted by Crippen LogP contribution is 2.22. The molecule has 178 valence electrons. The molecule has 9 heteroatoms. The molecule has 1 N–H and O–H groups in total. The molecule has 1 amide bonds. The zero-order valence-electron chi connectivity index (χ0n) is 19.1. The molecule has 2 heterocycles. The summed E-state index contributed by atoms with van der Waals surface area (Å²) in [5, 5.41) is 2.91. The number of nitrogens with zero attached hydrogens (tertiary/aromatic N) is 2. The van der Waals surface area contributed by atoms with Crippen molar-refractivity contribution in [3.05, 3.63) is 59.7 Å². The SMILES string of the molecule is CC1CN(S(=O)(=O)c2ccc(C(=O)Nc3cccc(CN4CCOCC4)c3)cc2)CC(C)O1. The third kappa shape index (κ3) is 5.99. The fourth-order valence-electron chi connectivity index (χ4n) is 4.22.